The fraction of sp³-hybridized carbons (Fsp3) is 0.360. The van der Waals surface area contributed by atoms with Crippen molar-refractivity contribution in [1.82, 2.24) is 19.9 Å². The highest BCUT2D eigenvalue weighted by Crippen LogP contribution is 2.40. The number of benzene rings is 2. The highest BCUT2D eigenvalue weighted by molar-refractivity contribution is 7.11. The normalized spacial score (nSPS) is 16.7. The molecule has 31 heavy (non-hydrogen) atoms. The van der Waals surface area contributed by atoms with E-state index in [1.165, 1.54) is 21.7 Å². The summed E-state index contributed by atoms with van der Waals surface area (Å²) in [7, 11) is 2.12. The van der Waals surface area contributed by atoms with Crippen LogP contribution in [0.3, 0.4) is 0 Å². The van der Waals surface area contributed by atoms with E-state index >= 15 is 0 Å². The van der Waals surface area contributed by atoms with Gasteiger partial charge in [-0.1, -0.05) is 36.4 Å². The van der Waals surface area contributed by atoms with E-state index in [1.807, 2.05) is 41.7 Å². The number of thiazole rings is 1. The lowest BCUT2D eigenvalue weighted by molar-refractivity contribution is 0.175. The molecule has 0 amide bonds. The molecule has 2 aromatic carbocycles. The van der Waals surface area contributed by atoms with Gasteiger partial charge in [-0.2, -0.15) is 0 Å². The highest BCUT2D eigenvalue weighted by Gasteiger charge is 2.31. The van der Waals surface area contributed by atoms with Gasteiger partial charge in [0.25, 0.3) is 0 Å². The summed E-state index contributed by atoms with van der Waals surface area (Å²) in [5.74, 6) is 1.43. The number of nitrogens with zero attached hydrogens (tertiary/aromatic N) is 3. The second-order valence-electron chi connectivity index (χ2n) is 8.37. The van der Waals surface area contributed by atoms with Gasteiger partial charge in [-0.25, -0.2) is 9.97 Å². The van der Waals surface area contributed by atoms with Gasteiger partial charge in [0.2, 0.25) is 0 Å². The van der Waals surface area contributed by atoms with Crippen molar-refractivity contribution in [2.24, 2.45) is 7.05 Å². The van der Waals surface area contributed by atoms with Gasteiger partial charge in [0, 0.05) is 18.5 Å². The SMILES string of the molecule is Cc1nc2c(s1)CCC2c1nc2cc(CCNC[C@H](O)c3ccccc3)ccc2n1C. The quantitative estimate of drug-likeness (QED) is 0.428. The van der Waals surface area contributed by atoms with E-state index in [0.717, 1.165) is 47.7 Å². The van der Waals surface area contributed by atoms with E-state index in [9.17, 15) is 5.11 Å². The summed E-state index contributed by atoms with van der Waals surface area (Å²) >= 11 is 1.83. The zero-order valence-electron chi connectivity index (χ0n) is 18.0. The first-order chi connectivity index (χ1) is 15.1. The number of hydrogen-bond donors (Lipinski definition) is 2. The van der Waals surface area contributed by atoms with Crippen LogP contribution in [0.25, 0.3) is 11.0 Å². The molecule has 1 aliphatic carbocycles. The third-order valence-electron chi connectivity index (χ3n) is 6.23. The predicted octanol–water partition coefficient (Wildman–Crippen LogP) is 4.28. The van der Waals surface area contributed by atoms with Crippen LogP contribution >= 0.6 is 11.3 Å². The zero-order chi connectivity index (χ0) is 21.4. The van der Waals surface area contributed by atoms with Crippen molar-refractivity contribution in [3.63, 3.8) is 0 Å². The molecule has 2 heterocycles. The van der Waals surface area contributed by atoms with Crippen LogP contribution in [-0.2, 0) is 19.9 Å². The van der Waals surface area contributed by atoms with Crippen LogP contribution in [0.1, 0.15) is 51.0 Å². The van der Waals surface area contributed by atoms with Gasteiger partial charge in [0.15, 0.2) is 0 Å². The van der Waals surface area contributed by atoms with Gasteiger partial charge in [0.1, 0.15) is 5.82 Å². The van der Waals surface area contributed by atoms with Crippen molar-refractivity contribution in [1.29, 1.82) is 0 Å². The first kappa shape index (κ1) is 20.4. The van der Waals surface area contributed by atoms with Crippen LogP contribution in [0, 0.1) is 6.92 Å². The monoisotopic (exact) mass is 432 g/mol. The van der Waals surface area contributed by atoms with Crippen molar-refractivity contribution in [3.8, 4) is 0 Å². The Balaban J connectivity index is 1.25. The van der Waals surface area contributed by atoms with Crippen molar-refractivity contribution in [3.05, 3.63) is 81.1 Å². The molecule has 0 radical (unpaired) electrons. The van der Waals surface area contributed by atoms with Crippen LogP contribution in [-0.4, -0.2) is 32.7 Å². The number of aromatic nitrogens is 3. The number of nitrogens with one attached hydrogen (secondary N) is 1. The van der Waals surface area contributed by atoms with Crippen LogP contribution in [0.4, 0.5) is 0 Å². The van der Waals surface area contributed by atoms with E-state index in [-0.39, 0.29) is 0 Å². The van der Waals surface area contributed by atoms with Crippen molar-refractivity contribution in [2.75, 3.05) is 13.1 Å². The molecule has 0 spiro atoms. The number of fused-ring (bicyclic) bond motifs is 2. The Labute approximate surface area is 186 Å². The van der Waals surface area contributed by atoms with E-state index < -0.39 is 6.10 Å². The first-order valence-electron chi connectivity index (χ1n) is 11.0. The van der Waals surface area contributed by atoms with Crippen LogP contribution in [0.2, 0.25) is 0 Å². The molecular formula is C25H28N4OS. The lowest BCUT2D eigenvalue weighted by Crippen LogP contribution is -2.23. The molecule has 6 heteroatoms. The van der Waals surface area contributed by atoms with Gasteiger partial charge >= 0.3 is 0 Å². The maximum atomic E-state index is 10.3. The van der Waals surface area contributed by atoms with E-state index in [2.05, 4.69) is 42.1 Å². The van der Waals surface area contributed by atoms with E-state index in [4.69, 9.17) is 9.97 Å². The van der Waals surface area contributed by atoms with Gasteiger partial charge in [-0.05, 0) is 56.0 Å². The number of rotatable bonds is 7. The lowest BCUT2D eigenvalue weighted by atomic mass is 10.1. The Morgan fingerprint density at radius 3 is 2.87 bits per heavy atom. The summed E-state index contributed by atoms with van der Waals surface area (Å²) in [6.07, 6.45) is 2.64. The molecule has 5 nitrogen and oxygen atoms in total. The summed E-state index contributed by atoms with van der Waals surface area (Å²) < 4.78 is 2.24. The second-order valence-corrected chi connectivity index (χ2v) is 9.65. The van der Waals surface area contributed by atoms with Gasteiger partial charge in [0.05, 0.1) is 33.8 Å². The summed E-state index contributed by atoms with van der Waals surface area (Å²) in [5.41, 5.74) is 5.67. The maximum Gasteiger partial charge on any atom is 0.118 e. The fourth-order valence-electron chi connectivity index (χ4n) is 4.60. The first-order valence-corrected chi connectivity index (χ1v) is 11.8. The molecule has 160 valence electrons. The fourth-order valence-corrected chi connectivity index (χ4v) is 5.61. The summed E-state index contributed by atoms with van der Waals surface area (Å²) in [5, 5.41) is 14.8. The van der Waals surface area contributed by atoms with E-state index in [1.54, 1.807) is 0 Å². The van der Waals surface area contributed by atoms with Gasteiger partial charge < -0.3 is 15.0 Å². The lowest BCUT2D eigenvalue weighted by Gasteiger charge is -2.12. The average Bonchev–Trinajstić information content (AvgIpc) is 3.43. The smallest absolute Gasteiger partial charge is 0.118 e. The summed E-state index contributed by atoms with van der Waals surface area (Å²) in [6, 6.07) is 16.4. The Hall–Kier alpha value is -2.54. The summed E-state index contributed by atoms with van der Waals surface area (Å²) in [4.78, 5) is 11.3. The summed E-state index contributed by atoms with van der Waals surface area (Å²) in [6.45, 7) is 3.46. The number of aliphatic hydroxyl groups excluding tert-OH is 1. The minimum atomic E-state index is -0.479. The van der Waals surface area contributed by atoms with E-state index in [0.29, 0.717) is 12.5 Å². The highest BCUT2D eigenvalue weighted by atomic mass is 32.1. The van der Waals surface area contributed by atoms with Crippen LogP contribution in [0.15, 0.2) is 48.5 Å². The number of aliphatic hydroxyl groups is 1. The number of hydrogen-bond acceptors (Lipinski definition) is 5. The molecule has 0 saturated heterocycles. The topological polar surface area (TPSA) is 63.0 Å². The Morgan fingerprint density at radius 1 is 1.19 bits per heavy atom. The molecule has 0 fully saturated rings. The molecule has 4 aromatic rings. The molecule has 1 aliphatic rings. The largest absolute Gasteiger partial charge is 0.387 e. The Morgan fingerprint density at radius 2 is 2.03 bits per heavy atom. The molecule has 1 unspecified atom stereocenters. The molecular weight excluding hydrogens is 404 g/mol. The molecule has 2 aromatic heterocycles. The minimum Gasteiger partial charge on any atom is -0.387 e. The van der Waals surface area contributed by atoms with Crippen molar-refractivity contribution >= 4 is 22.4 Å². The zero-order valence-corrected chi connectivity index (χ0v) is 18.8. The molecule has 2 N–H and O–H groups in total. The second kappa shape index (κ2) is 8.54. The average molecular weight is 433 g/mol. The van der Waals surface area contributed by atoms with Crippen LogP contribution in [0.5, 0.6) is 0 Å². The number of aryl methyl sites for hydroxylation is 3. The molecule has 2 atom stereocenters. The van der Waals surface area contributed by atoms with Gasteiger partial charge in [-0.15, -0.1) is 11.3 Å². The van der Waals surface area contributed by atoms with Crippen LogP contribution < -0.4 is 5.32 Å². The molecule has 0 saturated carbocycles. The number of imidazole rings is 1. The minimum absolute atomic E-state index is 0.307. The van der Waals surface area contributed by atoms with Gasteiger partial charge in [-0.3, -0.25) is 0 Å². The Kier molecular flexibility index (Phi) is 5.61. The third kappa shape index (κ3) is 4.03. The Bertz CT molecular complexity index is 1200. The molecule has 0 bridgehead atoms. The predicted molar refractivity (Wildman–Crippen MR) is 126 cm³/mol. The molecule has 5 rings (SSSR count). The third-order valence-corrected chi connectivity index (χ3v) is 7.27. The van der Waals surface area contributed by atoms with Crippen molar-refractivity contribution in [2.45, 2.75) is 38.2 Å². The maximum absolute atomic E-state index is 10.3. The molecule has 0 aliphatic heterocycles. The van der Waals surface area contributed by atoms with Crippen molar-refractivity contribution < 1.29 is 5.11 Å². The standard InChI is InChI=1S/C25H28N4OS/c1-16-27-24-19(9-11-23(24)31-16)25-28-20-14-17(8-10-21(20)29(25)2)12-13-26-15-22(30)18-6-4-3-5-7-18/h3-8,10,14,19,22,26,30H,9,11-13,15H2,1-2H3/t19?,22-/m0/s1.